The van der Waals surface area contributed by atoms with E-state index in [4.69, 9.17) is 14.2 Å². The molecule has 0 aliphatic heterocycles. The highest BCUT2D eigenvalue weighted by Crippen LogP contribution is 2.20. The fourth-order valence-electron chi connectivity index (χ4n) is 1.71. The molecule has 2 amide bonds. The minimum absolute atomic E-state index is 0.233. The van der Waals surface area contributed by atoms with Crippen LogP contribution in [0.1, 0.15) is 54.4 Å². The van der Waals surface area contributed by atoms with Crippen LogP contribution in [-0.4, -0.2) is 52.7 Å². The number of alkyl halides is 1. The van der Waals surface area contributed by atoms with Crippen LogP contribution in [0.2, 0.25) is 0 Å². The summed E-state index contributed by atoms with van der Waals surface area (Å²) in [6, 6.07) is -1.11. The zero-order chi connectivity index (χ0) is 19.1. The monoisotopic (exact) mass is 409 g/mol. The smallest absolute Gasteiger partial charge is 0.420 e. The summed E-state index contributed by atoms with van der Waals surface area (Å²) in [4.78, 5) is 37.8. The third kappa shape index (κ3) is 8.52. The fraction of sp³-hybridized carbons (Fsp3) is 0.812. The minimum atomic E-state index is -1.11. The van der Waals surface area contributed by atoms with Crippen LogP contribution < -0.4 is 0 Å². The van der Waals surface area contributed by atoms with Gasteiger partial charge >= 0.3 is 18.2 Å². The van der Waals surface area contributed by atoms with Gasteiger partial charge in [0.05, 0.1) is 7.11 Å². The zero-order valence-electron chi connectivity index (χ0n) is 15.5. The molecule has 0 unspecified atom stereocenters. The van der Waals surface area contributed by atoms with Crippen LogP contribution >= 0.6 is 15.9 Å². The molecular weight excluding hydrogens is 382 g/mol. The number of carbonyl (C=O) groups is 3. The van der Waals surface area contributed by atoms with Crippen molar-refractivity contribution in [1.82, 2.24) is 4.90 Å². The predicted molar refractivity (Wildman–Crippen MR) is 93.1 cm³/mol. The van der Waals surface area contributed by atoms with Gasteiger partial charge in [-0.2, -0.15) is 4.90 Å². The van der Waals surface area contributed by atoms with E-state index in [9.17, 15) is 14.4 Å². The number of esters is 1. The number of hydrogen-bond donors (Lipinski definition) is 0. The van der Waals surface area contributed by atoms with E-state index in [2.05, 4.69) is 15.9 Å². The van der Waals surface area contributed by atoms with E-state index in [1.54, 1.807) is 41.5 Å². The molecule has 0 N–H and O–H groups in total. The minimum Gasteiger partial charge on any atom is -0.467 e. The summed E-state index contributed by atoms with van der Waals surface area (Å²) >= 11 is 3.27. The van der Waals surface area contributed by atoms with Gasteiger partial charge < -0.3 is 14.2 Å². The largest absolute Gasteiger partial charge is 0.467 e. The molecule has 0 spiro atoms. The van der Waals surface area contributed by atoms with Crippen molar-refractivity contribution in [2.45, 2.75) is 71.6 Å². The second kappa shape index (κ2) is 9.25. The van der Waals surface area contributed by atoms with Crippen LogP contribution in [0, 0.1) is 0 Å². The van der Waals surface area contributed by atoms with E-state index < -0.39 is 35.4 Å². The maximum absolute atomic E-state index is 12.5. The Labute approximate surface area is 152 Å². The maximum Gasteiger partial charge on any atom is 0.420 e. The van der Waals surface area contributed by atoms with Crippen molar-refractivity contribution in [3.63, 3.8) is 0 Å². The van der Waals surface area contributed by atoms with E-state index in [-0.39, 0.29) is 6.42 Å². The van der Waals surface area contributed by atoms with Crippen molar-refractivity contribution in [1.29, 1.82) is 0 Å². The number of carbonyl (C=O) groups excluding carboxylic acids is 3. The first kappa shape index (κ1) is 22.7. The molecule has 1 atom stereocenters. The molecule has 0 aromatic heterocycles. The Kier molecular flexibility index (Phi) is 8.74. The molecule has 0 aliphatic carbocycles. The van der Waals surface area contributed by atoms with Crippen molar-refractivity contribution in [3.05, 3.63) is 0 Å². The lowest BCUT2D eigenvalue weighted by Gasteiger charge is -2.32. The lowest BCUT2D eigenvalue weighted by atomic mass is 10.1. The lowest BCUT2D eigenvalue weighted by Crippen LogP contribution is -2.52. The van der Waals surface area contributed by atoms with Crippen molar-refractivity contribution in [2.24, 2.45) is 0 Å². The molecule has 0 saturated heterocycles. The van der Waals surface area contributed by atoms with Crippen molar-refractivity contribution in [2.75, 3.05) is 12.4 Å². The van der Waals surface area contributed by atoms with Gasteiger partial charge in [0.25, 0.3) is 0 Å². The number of rotatable bonds is 5. The number of imide groups is 1. The van der Waals surface area contributed by atoms with E-state index in [0.717, 1.165) is 0 Å². The van der Waals surface area contributed by atoms with Crippen molar-refractivity contribution < 1.29 is 28.6 Å². The quantitative estimate of drug-likeness (QED) is 0.389. The normalized spacial score (nSPS) is 13.0. The molecule has 0 saturated carbocycles. The highest BCUT2D eigenvalue weighted by Gasteiger charge is 2.40. The Morgan fingerprint density at radius 2 is 1.38 bits per heavy atom. The Balaban J connectivity index is 5.65. The van der Waals surface area contributed by atoms with E-state index in [0.29, 0.717) is 16.7 Å². The summed E-state index contributed by atoms with van der Waals surface area (Å²) in [5, 5.41) is 0.608. The number of halogens is 1. The van der Waals surface area contributed by atoms with Gasteiger partial charge in [-0.25, -0.2) is 14.4 Å². The molecule has 8 heteroatoms. The molecule has 0 aliphatic rings. The second-order valence-corrected chi connectivity index (χ2v) is 7.99. The van der Waals surface area contributed by atoms with Gasteiger partial charge in [-0.1, -0.05) is 15.9 Å². The molecule has 140 valence electrons. The van der Waals surface area contributed by atoms with Crippen LogP contribution in [-0.2, 0) is 19.0 Å². The van der Waals surface area contributed by atoms with Gasteiger partial charge in [-0.15, -0.1) is 0 Å². The fourth-order valence-corrected chi connectivity index (χ4v) is 2.03. The Hall–Kier alpha value is -1.31. The summed E-state index contributed by atoms with van der Waals surface area (Å²) in [6.07, 6.45) is -1.10. The number of amides is 2. The van der Waals surface area contributed by atoms with Crippen LogP contribution in [0.5, 0.6) is 0 Å². The molecular formula is C16H28BrNO6. The highest BCUT2D eigenvalue weighted by molar-refractivity contribution is 9.09. The lowest BCUT2D eigenvalue weighted by molar-refractivity contribution is -0.147. The highest BCUT2D eigenvalue weighted by atomic mass is 79.9. The average molecular weight is 410 g/mol. The third-order valence-electron chi connectivity index (χ3n) is 2.58. The topological polar surface area (TPSA) is 82.1 Å². The third-order valence-corrected chi connectivity index (χ3v) is 3.14. The number of ether oxygens (including phenoxy) is 3. The number of methoxy groups -OCH3 is 1. The maximum atomic E-state index is 12.5. The van der Waals surface area contributed by atoms with Crippen LogP contribution in [0.3, 0.4) is 0 Å². The predicted octanol–water partition coefficient (Wildman–Crippen LogP) is 3.88. The molecule has 0 aromatic rings. The molecule has 0 radical (unpaired) electrons. The van der Waals surface area contributed by atoms with E-state index >= 15 is 0 Å². The van der Waals surface area contributed by atoms with Gasteiger partial charge in [-0.3, -0.25) is 0 Å². The first-order valence-electron chi connectivity index (χ1n) is 7.71. The van der Waals surface area contributed by atoms with Crippen LogP contribution in [0.4, 0.5) is 9.59 Å². The Bertz CT molecular complexity index is 424. The molecule has 7 nitrogen and oxygen atoms in total. The summed E-state index contributed by atoms with van der Waals surface area (Å²) in [6.45, 7) is 10.0. The van der Waals surface area contributed by atoms with Crippen molar-refractivity contribution in [3.8, 4) is 0 Å². The average Bonchev–Trinajstić information content (AvgIpc) is 2.38. The standard InChI is InChI=1S/C16H28BrNO6/c1-15(2,3)23-13(20)18(14(21)24-16(4,5)6)11(9-8-10-17)12(19)22-7/h11H,8-10H2,1-7H3/t11-/m0/s1. The number of nitrogens with zero attached hydrogens (tertiary/aromatic N) is 1. The SMILES string of the molecule is COC(=O)[C@H](CCCBr)N(C(=O)OC(C)(C)C)C(=O)OC(C)(C)C. The van der Waals surface area contributed by atoms with Gasteiger partial charge in [0.1, 0.15) is 17.2 Å². The summed E-state index contributed by atoms with van der Waals surface area (Å²) in [5.74, 6) is -0.701. The van der Waals surface area contributed by atoms with Gasteiger partial charge in [0.15, 0.2) is 0 Å². The summed E-state index contributed by atoms with van der Waals surface area (Å²) in [5.41, 5.74) is -1.65. The summed E-state index contributed by atoms with van der Waals surface area (Å²) < 4.78 is 15.3. The van der Waals surface area contributed by atoms with E-state index in [1.807, 2.05) is 0 Å². The van der Waals surface area contributed by atoms with Crippen molar-refractivity contribution >= 4 is 34.1 Å². The van der Waals surface area contributed by atoms with Gasteiger partial charge in [0.2, 0.25) is 0 Å². The zero-order valence-corrected chi connectivity index (χ0v) is 17.1. The first-order chi connectivity index (χ1) is 10.8. The summed E-state index contributed by atoms with van der Waals surface area (Å²) in [7, 11) is 1.20. The number of hydrogen-bond acceptors (Lipinski definition) is 6. The van der Waals surface area contributed by atoms with Crippen LogP contribution in [0.25, 0.3) is 0 Å². The molecule has 24 heavy (non-hydrogen) atoms. The van der Waals surface area contributed by atoms with Crippen LogP contribution in [0.15, 0.2) is 0 Å². The molecule has 0 bridgehead atoms. The Morgan fingerprint density at radius 3 is 1.67 bits per heavy atom. The van der Waals surface area contributed by atoms with E-state index in [1.165, 1.54) is 7.11 Å². The first-order valence-corrected chi connectivity index (χ1v) is 8.83. The van der Waals surface area contributed by atoms with Gasteiger partial charge in [-0.05, 0) is 54.4 Å². The van der Waals surface area contributed by atoms with Gasteiger partial charge in [0, 0.05) is 5.33 Å². The molecule has 0 aromatic carbocycles. The molecule has 0 rings (SSSR count). The Morgan fingerprint density at radius 1 is 0.958 bits per heavy atom. The second-order valence-electron chi connectivity index (χ2n) is 7.20. The molecule has 0 fully saturated rings. The molecule has 0 heterocycles.